The van der Waals surface area contributed by atoms with Gasteiger partial charge in [-0.1, -0.05) is 6.92 Å². The summed E-state index contributed by atoms with van der Waals surface area (Å²) in [6.45, 7) is 6.59. The molecule has 0 atom stereocenters. The van der Waals surface area contributed by atoms with Crippen LogP contribution in [-0.2, 0) is 14.3 Å². The number of rotatable bonds is 6. The molecule has 0 N–H and O–H groups in total. The summed E-state index contributed by atoms with van der Waals surface area (Å²) in [4.78, 5) is 27.3. The fourth-order valence-corrected chi connectivity index (χ4v) is 2.21. The van der Waals surface area contributed by atoms with Gasteiger partial charge in [0.05, 0.1) is 13.2 Å². The van der Waals surface area contributed by atoms with E-state index in [9.17, 15) is 9.59 Å². The minimum Gasteiger partial charge on any atom is -0.465 e. The fourth-order valence-electron chi connectivity index (χ4n) is 2.21. The molecule has 0 radical (unpaired) electrons. The van der Waals surface area contributed by atoms with Crippen LogP contribution in [0.1, 0.15) is 26.7 Å². The second kappa shape index (κ2) is 8.79. The van der Waals surface area contributed by atoms with Crippen molar-refractivity contribution in [3.05, 3.63) is 0 Å². The number of piperidine rings is 1. The number of likely N-dealkylation sites (tertiary alicyclic amines) is 1. The molecule has 0 saturated carbocycles. The summed E-state index contributed by atoms with van der Waals surface area (Å²) in [5.41, 5.74) is 0. The molecule has 116 valence electrons. The summed E-state index contributed by atoms with van der Waals surface area (Å²) < 4.78 is 9.92. The molecule has 0 aromatic rings. The lowest BCUT2D eigenvalue weighted by atomic mass is 10.00. The second-order valence-corrected chi connectivity index (χ2v) is 5.17. The first-order valence-corrected chi connectivity index (χ1v) is 7.26. The average Bonchev–Trinajstić information content (AvgIpc) is 2.44. The van der Waals surface area contributed by atoms with Gasteiger partial charge in [-0.15, -0.1) is 0 Å². The summed E-state index contributed by atoms with van der Waals surface area (Å²) in [6.07, 6.45) is 2.03. The predicted octanol–water partition coefficient (Wildman–Crippen LogP) is 1.35. The van der Waals surface area contributed by atoms with Crippen LogP contribution in [0.2, 0.25) is 0 Å². The van der Waals surface area contributed by atoms with Crippen LogP contribution >= 0.6 is 0 Å². The molecule has 0 spiro atoms. The summed E-state index contributed by atoms with van der Waals surface area (Å²) in [7, 11) is 1.58. The number of ether oxygens (including phenoxy) is 2. The summed E-state index contributed by atoms with van der Waals surface area (Å²) in [5.74, 6) is 0.291. The van der Waals surface area contributed by atoms with Gasteiger partial charge in [0, 0.05) is 26.7 Å². The number of hydrogen-bond acceptors (Lipinski definition) is 4. The Labute approximate surface area is 121 Å². The Bertz CT molecular complexity index is 314. The van der Waals surface area contributed by atoms with E-state index in [1.54, 1.807) is 14.0 Å². The van der Waals surface area contributed by atoms with Crippen molar-refractivity contribution in [3.63, 3.8) is 0 Å². The van der Waals surface area contributed by atoms with E-state index in [1.807, 2.05) is 4.90 Å². The van der Waals surface area contributed by atoms with E-state index >= 15 is 0 Å². The third-order valence-corrected chi connectivity index (χ3v) is 3.52. The van der Waals surface area contributed by atoms with E-state index in [-0.39, 0.29) is 18.5 Å². The maximum absolute atomic E-state index is 12.4. The van der Waals surface area contributed by atoms with Gasteiger partial charge in [0.15, 0.2) is 0 Å². The monoisotopic (exact) mass is 286 g/mol. The lowest BCUT2D eigenvalue weighted by Crippen LogP contribution is -2.49. The Morgan fingerprint density at radius 1 is 1.30 bits per heavy atom. The minimum atomic E-state index is -0.373. The highest BCUT2D eigenvalue weighted by Gasteiger charge is 2.26. The molecule has 0 aliphatic carbocycles. The van der Waals surface area contributed by atoms with Crippen molar-refractivity contribution >= 4 is 12.0 Å². The molecule has 0 bridgehead atoms. The Morgan fingerprint density at radius 2 is 1.95 bits per heavy atom. The van der Waals surface area contributed by atoms with Gasteiger partial charge >= 0.3 is 12.0 Å². The van der Waals surface area contributed by atoms with Crippen LogP contribution in [0.5, 0.6) is 0 Å². The third kappa shape index (κ3) is 5.36. The molecule has 0 aromatic carbocycles. The van der Waals surface area contributed by atoms with Gasteiger partial charge in [0.25, 0.3) is 0 Å². The zero-order valence-corrected chi connectivity index (χ0v) is 12.8. The van der Waals surface area contributed by atoms with Crippen molar-refractivity contribution in [3.8, 4) is 0 Å². The molecule has 1 aliphatic heterocycles. The van der Waals surface area contributed by atoms with Gasteiger partial charge in [-0.3, -0.25) is 4.79 Å². The van der Waals surface area contributed by atoms with Gasteiger partial charge < -0.3 is 19.3 Å². The fraction of sp³-hybridized carbons (Fsp3) is 0.857. The first-order valence-electron chi connectivity index (χ1n) is 7.26. The summed E-state index contributed by atoms with van der Waals surface area (Å²) >= 11 is 0. The van der Waals surface area contributed by atoms with Crippen molar-refractivity contribution in [2.24, 2.45) is 5.92 Å². The highest BCUT2D eigenvalue weighted by atomic mass is 16.5. The number of hydrogen-bond donors (Lipinski definition) is 0. The molecule has 6 heteroatoms. The topological polar surface area (TPSA) is 59.1 Å². The Kier molecular flexibility index (Phi) is 7.36. The molecule has 0 aromatic heterocycles. The van der Waals surface area contributed by atoms with Crippen LogP contribution in [0.4, 0.5) is 4.79 Å². The van der Waals surface area contributed by atoms with E-state index in [4.69, 9.17) is 9.47 Å². The predicted molar refractivity (Wildman–Crippen MR) is 75.4 cm³/mol. The molecule has 1 fully saturated rings. The van der Waals surface area contributed by atoms with Crippen molar-refractivity contribution in [2.45, 2.75) is 26.7 Å². The van der Waals surface area contributed by atoms with Gasteiger partial charge in [0.2, 0.25) is 0 Å². The lowest BCUT2D eigenvalue weighted by molar-refractivity contribution is -0.144. The van der Waals surface area contributed by atoms with Crippen LogP contribution in [0, 0.1) is 5.92 Å². The van der Waals surface area contributed by atoms with E-state index in [1.165, 1.54) is 4.90 Å². The average molecular weight is 286 g/mol. The number of carbonyl (C=O) groups excluding carboxylic acids is 2. The SMILES string of the molecule is CCOC(=O)CN(CCOC)C(=O)N1CCC(C)CC1. The molecule has 0 unspecified atom stereocenters. The quantitative estimate of drug-likeness (QED) is 0.692. The Morgan fingerprint density at radius 3 is 2.50 bits per heavy atom. The van der Waals surface area contributed by atoms with Gasteiger partial charge in [-0.25, -0.2) is 4.79 Å². The van der Waals surface area contributed by atoms with Crippen LogP contribution in [0.15, 0.2) is 0 Å². The third-order valence-electron chi connectivity index (χ3n) is 3.52. The zero-order chi connectivity index (χ0) is 15.0. The maximum Gasteiger partial charge on any atom is 0.325 e. The first-order chi connectivity index (χ1) is 9.58. The van der Waals surface area contributed by atoms with Gasteiger partial charge in [-0.05, 0) is 25.7 Å². The minimum absolute atomic E-state index is 0.0118. The number of esters is 1. The highest BCUT2D eigenvalue weighted by Crippen LogP contribution is 2.17. The number of carbonyl (C=O) groups is 2. The van der Waals surface area contributed by atoms with Crippen molar-refractivity contribution < 1.29 is 19.1 Å². The van der Waals surface area contributed by atoms with Gasteiger partial charge in [-0.2, -0.15) is 0 Å². The van der Waals surface area contributed by atoms with E-state index in [0.717, 1.165) is 25.9 Å². The molecule has 1 saturated heterocycles. The first kappa shape index (κ1) is 16.8. The molecular formula is C14H26N2O4. The van der Waals surface area contributed by atoms with Crippen LogP contribution in [-0.4, -0.2) is 68.3 Å². The van der Waals surface area contributed by atoms with Crippen LogP contribution < -0.4 is 0 Å². The Balaban J connectivity index is 2.56. The van der Waals surface area contributed by atoms with Crippen molar-refractivity contribution in [2.75, 3.05) is 46.5 Å². The number of methoxy groups -OCH3 is 1. The lowest BCUT2D eigenvalue weighted by Gasteiger charge is -2.34. The normalized spacial score (nSPS) is 16.1. The number of nitrogens with zero attached hydrogens (tertiary/aromatic N) is 2. The van der Waals surface area contributed by atoms with E-state index < -0.39 is 0 Å². The largest absolute Gasteiger partial charge is 0.465 e. The second-order valence-electron chi connectivity index (χ2n) is 5.17. The van der Waals surface area contributed by atoms with Crippen LogP contribution in [0.25, 0.3) is 0 Å². The van der Waals surface area contributed by atoms with Crippen molar-refractivity contribution in [1.82, 2.24) is 9.80 Å². The molecular weight excluding hydrogens is 260 g/mol. The summed E-state index contributed by atoms with van der Waals surface area (Å²) in [5, 5.41) is 0. The standard InChI is InChI=1S/C14H26N2O4/c1-4-20-13(17)11-16(9-10-19-3)14(18)15-7-5-12(2)6-8-15/h12H,4-11H2,1-3H3. The molecule has 1 heterocycles. The van der Waals surface area contributed by atoms with Crippen LogP contribution in [0.3, 0.4) is 0 Å². The Hall–Kier alpha value is -1.30. The maximum atomic E-state index is 12.4. The molecule has 1 rings (SSSR count). The van der Waals surface area contributed by atoms with E-state index in [2.05, 4.69) is 6.92 Å². The van der Waals surface area contributed by atoms with E-state index in [0.29, 0.717) is 25.7 Å². The summed E-state index contributed by atoms with van der Waals surface area (Å²) in [6, 6.07) is -0.0954. The molecule has 2 amide bonds. The van der Waals surface area contributed by atoms with Gasteiger partial charge in [0.1, 0.15) is 6.54 Å². The molecule has 6 nitrogen and oxygen atoms in total. The smallest absolute Gasteiger partial charge is 0.325 e. The zero-order valence-electron chi connectivity index (χ0n) is 12.8. The molecule has 1 aliphatic rings. The van der Waals surface area contributed by atoms with Crippen molar-refractivity contribution in [1.29, 1.82) is 0 Å². The number of urea groups is 1. The molecule has 20 heavy (non-hydrogen) atoms. The number of amides is 2. The highest BCUT2D eigenvalue weighted by molar-refractivity contribution is 5.81.